The standard InChI is InChI=1S/C14H20OS/c1-4-13(15)8-5-12-6-9-14(10-7-12)16-11(2)3/h6-7,9-11H,4-5,8H2,1-3H3. The third kappa shape index (κ3) is 4.84. The zero-order chi connectivity index (χ0) is 12.0. The van der Waals surface area contributed by atoms with Crippen molar-refractivity contribution in [2.75, 3.05) is 0 Å². The van der Waals surface area contributed by atoms with Crippen LogP contribution >= 0.6 is 11.8 Å². The summed E-state index contributed by atoms with van der Waals surface area (Å²) in [7, 11) is 0. The van der Waals surface area contributed by atoms with Gasteiger partial charge in [0.15, 0.2) is 0 Å². The molecule has 0 heterocycles. The molecular formula is C14H20OS. The molecule has 16 heavy (non-hydrogen) atoms. The zero-order valence-electron chi connectivity index (χ0n) is 10.3. The van der Waals surface area contributed by atoms with Crippen molar-refractivity contribution >= 4 is 17.5 Å². The largest absolute Gasteiger partial charge is 0.300 e. The van der Waals surface area contributed by atoms with Gasteiger partial charge in [0, 0.05) is 23.0 Å². The van der Waals surface area contributed by atoms with Gasteiger partial charge in [0.2, 0.25) is 0 Å². The highest BCUT2D eigenvalue weighted by molar-refractivity contribution is 7.99. The summed E-state index contributed by atoms with van der Waals surface area (Å²) in [5.41, 5.74) is 1.26. The van der Waals surface area contributed by atoms with E-state index < -0.39 is 0 Å². The molecule has 0 bridgehead atoms. The maximum Gasteiger partial charge on any atom is 0.132 e. The highest BCUT2D eigenvalue weighted by Gasteiger charge is 2.01. The molecule has 0 unspecified atom stereocenters. The van der Waals surface area contributed by atoms with Crippen molar-refractivity contribution in [3.05, 3.63) is 29.8 Å². The van der Waals surface area contributed by atoms with E-state index in [9.17, 15) is 4.79 Å². The number of aryl methyl sites for hydroxylation is 1. The van der Waals surface area contributed by atoms with E-state index in [1.165, 1.54) is 10.5 Å². The quantitative estimate of drug-likeness (QED) is 0.692. The average molecular weight is 236 g/mol. The molecule has 0 N–H and O–H groups in total. The smallest absolute Gasteiger partial charge is 0.132 e. The molecule has 0 aromatic heterocycles. The van der Waals surface area contributed by atoms with Gasteiger partial charge >= 0.3 is 0 Å². The summed E-state index contributed by atoms with van der Waals surface area (Å²) in [5.74, 6) is 0.348. The minimum Gasteiger partial charge on any atom is -0.300 e. The molecule has 0 saturated carbocycles. The summed E-state index contributed by atoms with van der Waals surface area (Å²) in [6.45, 7) is 6.31. The summed E-state index contributed by atoms with van der Waals surface area (Å²) in [6, 6.07) is 8.56. The molecule has 88 valence electrons. The highest BCUT2D eigenvalue weighted by Crippen LogP contribution is 2.23. The second kappa shape index (κ2) is 6.74. The van der Waals surface area contributed by atoms with Crippen LogP contribution in [0.25, 0.3) is 0 Å². The van der Waals surface area contributed by atoms with Gasteiger partial charge in [-0.05, 0) is 24.1 Å². The Morgan fingerprint density at radius 1 is 1.25 bits per heavy atom. The lowest BCUT2D eigenvalue weighted by molar-refractivity contribution is -0.118. The molecule has 0 amide bonds. The van der Waals surface area contributed by atoms with Crippen LogP contribution in [0.1, 0.15) is 39.2 Å². The van der Waals surface area contributed by atoms with Crippen LogP contribution in [0.3, 0.4) is 0 Å². The van der Waals surface area contributed by atoms with Crippen LogP contribution in [0.4, 0.5) is 0 Å². The molecule has 1 nitrogen and oxygen atoms in total. The fourth-order valence-corrected chi connectivity index (χ4v) is 2.30. The van der Waals surface area contributed by atoms with E-state index in [2.05, 4.69) is 38.1 Å². The van der Waals surface area contributed by atoms with Crippen molar-refractivity contribution in [1.82, 2.24) is 0 Å². The SMILES string of the molecule is CCC(=O)CCc1ccc(SC(C)C)cc1. The lowest BCUT2D eigenvalue weighted by atomic mass is 10.1. The summed E-state index contributed by atoms with van der Waals surface area (Å²) in [5, 5.41) is 0.618. The number of carbonyl (C=O) groups excluding carboxylic acids is 1. The van der Waals surface area contributed by atoms with E-state index in [1.54, 1.807) is 0 Å². The number of carbonyl (C=O) groups is 1. The number of hydrogen-bond acceptors (Lipinski definition) is 2. The molecule has 1 aromatic rings. The van der Waals surface area contributed by atoms with E-state index in [0.29, 0.717) is 23.9 Å². The van der Waals surface area contributed by atoms with Gasteiger partial charge in [-0.25, -0.2) is 0 Å². The van der Waals surface area contributed by atoms with Crippen LogP contribution < -0.4 is 0 Å². The highest BCUT2D eigenvalue weighted by atomic mass is 32.2. The Bertz CT molecular complexity index is 327. The molecule has 0 aliphatic rings. The second-order valence-electron chi connectivity index (χ2n) is 4.20. The fraction of sp³-hybridized carbons (Fsp3) is 0.500. The first-order valence-electron chi connectivity index (χ1n) is 5.89. The minimum atomic E-state index is 0.348. The summed E-state index contributed by atoms with van der Waals surface area (Å²) in [4.78, 5) is 12.5. The molecule has 1 rings (SSSR count). The third-order valence-electron chi connectivity index (χ3n) is 2.38. The van der Waals surface area contributed by atoms with E-state index in [0.717, 1.165) is 6.42 Å². The van der Waals surface area contributed by atoms with Crippen molar-refractivity contribution in [3.63, 3.8) is 0 Å². The second-order valence-corrected chi connectivity index (χ2v) is 5.85. The number of ketones is 1. The first kappa shape index (κ1) is 13.3. The van der Waals surface area contributed by atoms with Gasteiger partial charge in [-0.3, -0.25) is 4.79 Å². The molecule has 0 aliphatic heterocycles. The molecule has 0 aliphatic carbocycles. The predicted molar refractivity (Wildman–Crippen MR) is 71.1 cm³/mol. The number of thioether (sulfide) groups is 1. The van der Waals surface area contributed by atoms with Gasteiger partial charge in [0.1, 0.15) is 5.78 Å². The molecule has 0 fully saturated rings. The Morgan fingerprint density at radius 3 is 2.38 bits per heavy atom. The van der Waals surface area contributed by atoms with Gasteiger partial charge < -0.3 is 0 Å². The summed E-state index contributed by atoms with van der Waals surface area (Å²) in [6.07, 6.45) is 2.20. The van der Waals surface area contributed by atoms with Gasteiger partial charge in [0.05, 0.1) is 0 Å². The lowest BCUT2D eigenvalue weighted by Crippen LogP contribution is -1.97. The first-order chi connectivity index (χ1) is 7.61. The van der Waals surface area contributed by atoms with E-state index in [4.69, 9.17) is 0 Å². The van der Waals surface area contributed by atoms with Crippen molar-refractivity contribution in [2.24, 2.45) is 0 Å². The number of hydrogen-bond donors (Lipinski definition) is 0. The molecule has 1 aromatic carbocycles. The van der Waals surface area contributed by atoms with Crippen molar-refractivity contribution in [1.29, 1.82) is 0 Å². The topological polar surface area (TPSA) is 17.1 Å². The number of benzene rings is 1. The maximum absolute atomic E-state index is 11.2. The normalized spacial score (nSPS) is 10.8. The van der Waals surface area contributed by atoms with Crippen molar-refractivity contribution in [3.8, 4) is 0 Å². The lowest BCUT2D eigenvalue weighted by Gasteiger charge is -2.06. The van der Waals surface area contributed by atoms with Gasteiger partial charge in [-0.15, -0.1) is 11.8 Å². The Kier molecular flexibility index (Phi) is 5.61. The molecule has 0 saturated heterocycles. The number of rotatable bonds is 6. The van der Waals surface area contributed by atoms with E-state index >= 15 is 0 Å². The van der Waals surface area contributed by atoms with E-state index in [1.807, 2.05) is 18.7 Å². The summed E-state index contributed by atoms with van der Waals surface area (Å²) < 4.78 is 0. The van der Waals surface area contributed by atoms with Crippen LogP contribution in [-0.4, -0.2) is 11.0 Å². The van der Waals surface area contributed by atoms with Crippen LogP contribution in [0.15, 0.2) is 29.2 Å². The maximum atomic E-state index is 11.2. The van der Waals surface area contributed by atoms with E-state index in [-0.39, 0.29) is 0 Å². The summed E-state index contributed by atoms with van der Waals surface area (Å²) >= 11 is 1.87. The molecule has 0 radical (unpaired) electrons. The molecule has 2 heteroatoms. The third-order valence-corrected chi connectivity index (χ3v) is 3.40. The molecule has 0 spiro atoms. The Hall–Kier alpha value is -0.760. The Balaban J connectivity index is 2.48. The van der Waals surface area contributed by atoms with Gasteiger partial charge in [-0.2, -0.15) is 0 Å². The predicted octanol–water partition coefficient (Wildman–Crippen LogP) is 4.10. The molecular weight excluding hydrogens is 216 g/mol. The van der Waals surface area contributed by atoms with Crippen molar-refractivity contribution in [2.45, 2.75) is 50.2 Å². The van der Waals surface area contributed by atoms with Crippen LogP contribution in [0.2, 0.25) is 0 Å². The number of Topliss-reactive ketones (excluding diaryl/α,β-unsaturated/α-hetero) is 1. The molecule has 0 atom stereocenters. The zero-order valence-corrected chi connectivity index (χ0v) is 11.1. The van der Waals surface area contributed by atoms with Gasteiger partial charge in [0.25, 0.3) is 0 Å². The first-order valence-corrected chi connectivity index (χ1v) is 6.77. The average Bonchev–Trinajstić information content (AvgIpc) is 2.27. The van der Waals surface area contributed by atoms with Crippen LogP contribution in [0.5, 0.6) is 0 Å². The van der Waals surface area contributed by atoms with Gasteiger partial charge in [-0.1, -0.05) is 32.9 Å². The fourth-order valence-electron chi connectivity index (χ4n) is 1.47. The van der Waals surface area contributed by atoms with Crippen LogP contribution in [-0.2, 0) is 11.2 Å². The van der Waals surface area contributed by atoms with Crippen LogP contribution in [0, 0.1) is 0 Å². The monoisotopic (exact) mass is 236 g/mol. The Morgan fingerprint density at radius 2 is 1.88 bits per heavy atom. The Labute approximate surface area is 103 Å². The minimum absolute atomic E-state index is 0.348. The van der Waals surface area contributed by atoms with Crippen molar-refractivity contribution < 1.29 is 4.79 Å².